The summed E-state index contributed by atoms with van der Waals surface area (Å²) in [6, 6.07) is 4.57. The summed E-state index contributed by atoms with van der Waals surface area (Å²) in [5, 5.41) is 14.0. The molecule has 0 aliphatic heterocycles. The van der Waals surface area contributed by atoms with Gasteiger partial charge in [0.1, 0.15) is 10.2 Å². The second-order valence-corrected chi connectivity index (χ2v) is 7.16. The van der Waals surface area contributed by atoms with Crippen molar-refractivity contribution in [1.29, 1.82) is 0 Å². The third-order valence-corrected chi connectivity index (χ3v) is 4.35. The molecule has 0 radical (unpaired) electrons. The van der Waals surface area contributed by atoms with Gasteiger partial charge in [0.15, 0.2) is 0 Å². The van der Waals surface area contributed by atoms with Crippen molar-refractivity contribution in [3.05, 3.63) is 39.4 Å². The van der Waals surface area contributed by atoms with Gasteiger partial charge < -0.3 is 5.11 Å². The monoisotopic (exact) mass is 360 g/mol. The van der Waals surface area contributed by atoms with E-state index in [9.17, 15) is 9.90 Å². The molecule has 0 saturated heterocycles. The fourth-order valence-electron chi connectivity index (χ4n) is 2.49. The number of hydrogen-bond acceptors (Lipinski definition) is 3. The standard InChI is InChI=1S/C15H15Cl3N2O2/c1-15(2)10(6-12(17)18)13(15)14(22)20-19-7-8-5-9(16)3-4-11(8)21/h3-7,10,13,21H,1-2H3,(H,20,22)/b19-7-/t10-,13-/m1/s1. The minimum atomic E-state index is -0.245. The van der Waals surface area contributed by atoms with Crippen LogP contribution in [0.1, 0.15) is 19.4 Å². The number of benzene rings is 1. The van der Waals surface area contributed by atoms with E-state index >= 15 is 0 Å². The summed E-state index contributed by atoms with van der Waals surface area (Å²) in [6.45, 7) is 3.92. The SMILES string of the molecule is CC1(C)[C@H](C=C(Cl)Cl)[C@@H]1C(=O)N/N=C\c1cc(Cl)ccc1O. The van der Waals surface area contributed by atoms with Crippen molar-refractivity contribution >= 4 is 46.9 Å². The van der Waals surface area contributed by atoms with Crippen LogP contribution in [0.4, 0.5) is 0 Å². The van der Waals surface area contributed by atoms with Gasteiger partial charge in [-0.3, -0.25) is 4.79 Å². The number of allylic oxidation sites excluding steroid dienone is 1. The van der Waals surface area contributed by atoms with Crippen molar-refractivity contribution in [2.75, 3.05) is 0 Å². The van der Waals surface area contributed by atoms with E-state index in [1.165, 1.54) is 12.3 Å². The van der Waals surface area contributed by atoms with Gasteiger partial charge in [-0.25, -0.2) is 5.43 Å². The quantitative estimate of drug-likeness (QED) is 0.627. The average molecular weight is 362 g/mol. The highest BCUT2D eigenvalue weighted by Crippen LogP contribution is 2.59. The Morgan fingerprint density at radius 1 is 1.41 bits per heavy atom. The highest BCUT2D eigenvalue weighted by atomic mass is 35.5. The summed E-state index contributed by atoms with van der Waals surface area (Å²) < 4.78 is 0.153. The number of rotatable bonds is 4. The molecule has 2 rings (SSSR count). The van der Waals surface area contributed by atoms with Crippen LogP contribution in [0.5, 0.6) is 5.75 Å². The molecule has 1 aromatic rings. The Kier molecular flexibility index (Phi) is 5.05. The number of nitrogens with one attached hydrogen (secondary N) is 1. The number of carbonyl (C=O) groups excluding carboxylic acids is 1. The van der Waals surface area contributed by atoms with Crippen molar-refractivity contribution in [2.45, 2.75) is 13.8 Å². The van der Waals surface area contributed by atoms with E-state index in [1.807, 2.05) is 13.8 Å². The lowest BCUT2D eigenvalue weighted by Gasteiger charge is -2.02. The van der Waals surface area contributed by atoms with Gasteiger partial charge in [-0.05, 0) is 35.6 Å². The smallest absolute Gasteiger partial charge is 0.244 e. The second-order valence-electron chi connectivity index (χ2n) is 5.72. The highest BCUT2D eigenvalue weighted by molar-refractivity contribution is 6.55. The molecule has 22 heavy (non-hydrogen) atoms. The summed E-state index contributed by atoms with van der Waals surface area (Å²) in [7, 11) is 0. The summed E-state index contributed by atoms with van der Waals surface area (Å²) >= 11 is 17.1. The predicted molar refractivity (Wildman–Crippen MR) is 89.4 cm³/mol. The maximum atomic E-state index is 12.1. The second kappa shape index (κ2) is 6.49. The lowest BCUT2D eigenvalue weighted by atomic mass is 10.1. The summed E-state index contributed by atoms with van der Waals surface area (Å²) in [5.41, 5.74) is 2.66. The maximum Gasteiger partial charge on any atom is 0.244 e. The van der Waals surface area contributed by atoms with Crippen molar-refractivity contribution in [3.8, 4) is 5.75 Å². The zero-order chi connectivity index (χ0) is 16.5. The molecule has 2 N–H and O–H groups in total. The van der Waals surface area contributed by atoms with E-state index in [1.54, 1.807) is 18.2 Å². The van der Waals surface area contributed by atoms with E-state index in [-0.39, 0.29) is 33.4 Å². The number of carbonyl (C=O) groups is 1. The van der Waals surface area contributed by atoms with Crippen LogP contribution in [0.3, 0.4) is 0 Å². The fourth-order valence-corrected chi connectivity index (χ4v) is 2.94. The fraction of sp³-hybridized carbons (Fsp3) is 0.333. The molecule has 1 saturated carbocycles. The number of hydrogen-bond donors (Lipinski definition) is 2. The van der Waals surface area contributed by atoms with Crippen LogP contribution in [0, 0.1) is 17.3 Å². The summed E-state index contributed by atoms with van der Waals surface area (Å²) in [4.78, 5) is 12.1. The zero-order valence-electron chi connectivity index (χ0n) is 12.0. The minimum absolute atomic E-state index is 0.0210. The van der Waals surface area contributed by atoms with Gasteiger partial charge in [0, 0.05) is 10.6 Å². The van der Waals surface area contributed by atoms with Gasteiger partial charge in [-0.15, -0.1) is 0 Å². The van der Waals surface area contributed by atoms with E-state index < -0.39 is 0 Å². The van der Waals surface area contributed by atoms with Gasteiger partial charge in [-0.1, -0.05) is 48.7 Å². The Labute approximate surface area is 143 Å². The molecule has 4 nitrogen and oxygen atoms in total. The molecule has 118 valence electrons. The number of aromatic hydroxyl groups is 1. The van der Waals surface area contributed by atoms with Gasteiger partial charge in [0.05, 0.1) is 12.1 Å². The predicted octanol–water partition coefficient (Wildman–Crippen LogP) is 4.09. The molecular formula is C15H15Cl3N2O2. The first-order valence-electron chi connectivity index (χ1n) is 6.57. The van der Waals surface area contributed by atoms with Gasteiger partial charge in [0.25, 0.3) is 0 Å². The van der Waals surface area contributed by atoms with Crippen molar-refractivity contribution < 1.29 is 9.90 Å². The highest BCUT2D eigenvalue weighted by Gasteiger charge is 2.60. The Hall–Kier alpha value is -1.23. The summed E-state index contributed by atoms with van der Waals surface area (Å²) in [6.07, 6.45) is 3.01. The van der Waals surface area contributed by atoms with Gasteiger partial charge in [0.2, 0.25) is 5.91 Å². The third-order valence-electron chi connectivity index (χ3n) is 3.87. The molecular weight excluding hydrogens is 347 g/mol. The van der Waals surface area contributed by atoms with Crippen LogP contribution in [0.2, 0.25) is 5.02 Å². The topological polar surface area (TPSA) is 61.7 Å². The number of halogens is 3. The van der Waals surface area contributed by atoms with Crippen LogP contribution in [-0.4, -0.2) is 17.2 Å². The van der Waals surface area contributed by atoms with E-state index in [0.29, 0.717) is 10.6 Å². The Balaban J connectivity index is 2.00. The van der Waals surface area contributed by atoms with Crippen molar-refractivity contribution in [1.82, 2.24) is 5.43 Å². The minimum Gasteiger partial charge on any atom is -0.507 e. The molecule has 1 aromatic carbocycles. The maximum absolute atomic E-state index is 12.1. The van der Waals surface area contributed by atoms with Crippen molar-refractivity contribution in [2.24, 2.45) is 22.4 Å². The number of phenols is 1. The molecule has 1 aliphatic carbocycles. The molecule has 0 aromatic heterocycles. The lowest BCUT2D eigenvalue weighted by molar-refractivity contribution is -0.123. The molecule has 1 aliphatic rings. The van der Waals surface area contributed by atoms with Crippen LogP contribution in [0.15, 0.2) is 33.9 Å². The molecule has 7 heteroatoms. The Morgan fingerprint density at radius 3 is 2.73 bits per heavy atom. The van der Waals surface area contributed by atoms with Crippen LogP contribution < -0.4 is 5.43 Å². The van der Waals surface area contributed by atoms with E-state index in [4.69, 9.17) is 34.8 Å². The molecule has 0 unspecified atom stereocenters. The lowest BCUT2D eigenvalue weighted by Crippen LogP contribution is -2.21. The number of phenolic OH excluding ortho intramolecular Hbond substituents is 1. The molecule has 0 bridgehead atoms. The zero-order valence-corrected chi connectivity index (χ0v) is 14.2. The molecule has 1 amide bonds. The van der Waals surface area contributed by atoms with E-state index in [0.717, 1.165) is 0 Å². The largest absolute Gasteiger partial charge is 0.507 e. The van der Waals surface area contributed by atoms with Gasteiger partial charge in [-0.2, -0.15) is 5.10 Å². The molecule has 1 fully saturated rings. The first-order chi connectivity index (χ1) is 10.2. The molecule has 2 atom stereocenters. The summed E-state index contributed by atoms with van der Waals surface area (Å²) in [5.74, 6) is -0.458. The first-order valence-corrected chi connectivity index (χ1v) is 7.71. The van der Waals surface area contributed by atoms with Crippen LogP contribution in [0.25, 0.3) is 0 Å². The Bertz CT molecular complexity index is 652. The molecule has 0 heterocycles. The number of hydrazone groups is 1. The normalized spacial score (nSPS) is 22.4. The van der Waals surface area contributed by atoms with Crippen LogP contribution in [-0.2, 0) is 4.79 Å². The third kappa shape index (κ3) is 3.75. The number of amides is 1. The van der Waals surface area contributed by atoms with Crippen LogP contribution >= 0.6 is 34.8 Å². The van der Waals surface area contributed by atoms with Crippen molar-refractivity contribution in [3.63, 3.8) is 0 Å². The Morgan fingerprint density at radius 2 is 2.09 bits per heavy atom. The average Bonchev–Trinajstić information content (AvgIpc) is 2.94. The first kappa shape index (κ1) is 17.1. The van der Waals surface area contributed by atoms with Gasteiger partial charge >= 0.3 is 0 Å². The molecule has 0 spiro atoms. The van der Waals surface area contributed by atoms with E-state index in [2.05, 4.69) is 10.5 Å². The number of nitrogens with zero attached hydrogens (tertiary/aromatic N) is 1.